The Balaban J connectivity index is 1.87. The van der Waals surface area contributed by atoms with E-state index in [2.05, 4.69) is 40.3 Å². The highest BCUT2D eigenvalue weighted by molar-refractivity contribution is 9.10. The van der Waals surface area contributed by atoms with Crippen LogP contribution < -0.4 is 5.32 Å². The van der Waals surface area contributed by atoms with Crippen LogP contribution in [-0.4, -0.2) is 11.7 Å². The summed E-state index contributed by atoms with van der Waals surface area (Å²) in [7, 11) is 0. The number of hydrogen-bond acceptors (Lipinski definition) is 2. The zero-order valence-corrected chi connectivity index (χ0v) is 14.5. The second-order valence-corrected chi connectivity index (χ2v) is 7.08. The van der Waals surface area contributed by atoms with Crippen molar-refractivity contribution in [2.45, 2.75) is 19.1 Å². The van der Waals surface area contributed by atoms with Crippen molar-refractivity contribution in [2.24, 2.45) is 0 Å². The molecule has 2 nitrogen and oxygen atoms in total. The number of carbonyl (C=O) groups excluding carboxylic acids is 1. The fourth-order valence-electron chi connectivity index (χ4n) is 1.93. The Hall–Kier alpha value is -1.26. The summed E-state index contributed by atoms with van der Waals surface area (Å²) >= 11 is 5.11. The van der Waals surface area contributed by atoms with Crippen molar-refractivity contribution in [3.63, 3.8) is 0 Å². The minimum atomic E-state index is 0.0207. The smallest absolute Gasteiger partial charge is 0.234 e. The lowest BCUT2D eigenvalue weighted by Gasteiger charge is -2.12. The first-order valence-electron chi connectivity index (χ1n) is 6.79. The number of carbonyl (C=O) groups is 1. The molecule has 110 valence electrons. The highest BCUT2D eigenvalue weighted by Gasteiger charge is 2.10. The van der Waals surface area contributed by atoms with Crippen LogP contribution in [0, 0.1) is 6.92 Å². The van der Waals surface area contributed by atoms with Gasteiger partial charge in [-0.05, 0) is 53.0 Å². The Morgan fingerprint density at radius 1 is 1.24 bits per heavy atom. The molecule has 0 radical (unpaired) electrons. The summed E-state index contributed by atoms with van der Waals surface area (Å²) in [6.07, 6.45) is 0. The summed E-state index contributed by atoms with van der Waals surface area (Å²) < 4.78 is 0.914. The second kappa shape index (κ2) is 7.66. The van der Waals surface area contributed by atoms with E-state index in [1.165, 1.54) is 5.56 Å². The van der Waals surface area contributed by atoms with Crippen LogP contribution in [0.3, 0.4) is 0 Å². The lowest BCUT2D eigenvalue weighted by Crippen LogP contribution is -2.15. The van der Waals surface area contributed by atoms with E-state index in [0.29, 0.717) is 11.0 Å². The van der Waals surface area contributed by atoms with Crippen molar-refractivity contribution < 1.29 is 4.79 Å². The van der Waals surface area contributed by atoms with Gasteiger partial charge in [0, 0.05) is 9.72 Å². The van der Waals surface area contributed by atoms with Gasteiger partial charge in [-0.15, -0.1) is 11.8 Å². The molecule has 0 aliphatic heterocycles. The number of amides is 1. The van der Waals surface area contributed by atoms with Gasteiger partial charge >= 0.3 is 0 Å². The number of rotatable bonds is 5. The standard InChI is InChI=1S/C17H18BrNOS/c1-12-8-9-16(15(18)10-12)19-17(20)11-21-13(2)14-6-4-3-5-7-14/h3-10,13H,11H2,1-2H3,(H,19,20)/t13-/m0/s1. The zero-order valence-electron chi connectivity index (χ0n) is 12.1. The van der Waals surface area contributed by atoms with Crippen molar-refractivity contribution in [3.8, 4) is 0 Å². The topological polar surface area (TPSA) is 29.1 Å². The minimum absolute atomic E-state index is 0.0207. The molecule has 0 unspecified atom stereocenters. The van der Waals surface area contributed by atoms with Gasteiger partial charge in [0.2, 0.25) is 5.91 Å². The largest absolute Gasteiger partial charge is 0.324 e. The normalized spacial score (nSPS) is 12.0. The van der Waals surface area contributed by atoms with Crippen LogP contribution in [0.2, 0.25) is 0 Å². The van der Waals surface area contributed by atoms with Gasteiger partial charge < -0.3 is 5.32 Å². The predicted octanol–water partition coefficient (Wildman–Crippen LogP) is 5.19. The van der Waals surface area contributed by atoms with Crippen LogP contribution in [0.4, 0.5) is 5.69 Å². The average Bonchev–Trinajstić information content (AvgIpc) is 2.48. The van der Waals surface area contributed by atoms with E-state index in [-0.39, 0.29) is 5.91 Å². The minimum Gasteiger partial charge on any atom is -0.324 e. The number of nitrogens with one attached hydrogen (secondary N) is 1. The average molecular weight is 364 g/mol. The number of halogens is 1. The fraction of sp³-hybridized carbons (Fsp3) is 0.235. The summed E-state index contributed by atoms with van der Waals surface area (Å²) in [5.74, 6) is 0.462. The third kappa shape index (κ3) is 4.90. The van der Waals surface area contributed by atoms with Gasteiger partial charge in [0.15, 0.2) is 0 Å². The Bertz CT molecular complexity index is 615. The van der Waals surface area contributed by atoms with E-state index in [0.717, 1.165) is 15.7 Å². The van der Waals surface area contributed by atoms with Crippen molar-refractivity contribution >= 4 is 39.3 Å². The number of anilines is 1. The first-order valence-corrected chi connectivity index (χ1v) is 8.63. The lowest BCUT2D eigenvalue weighted by atomic mass is 10.2. The molecule has 0 fully saturated rings. The van der Waals surface area contributed by atoms with Crippen LogP contribution >= 0.6 is 27.7 Å². The van der Waals surface area contributed by atoms with Gasteiger partial charge in [-0.3, -0.25) is 4.79 Å². The Labute approximate surface area is 138 Å². The van der Waals surface area contributed by atoms with Crippen LogP contribution in [0.15, 0.2) is 53.0 Å². The predicted molar refractivity (Wildman–Crippen MR) is 94.8 cm³/mol. The monoisotopic (exact) mass is 363 g/mol. The molecule has 2 aromatic rings. The molecule has 4 heteroatoms. The van der Waals surface area contributed by atoms with Gasteiger partial charge in [-0.25, -0.2) is 0 Å². The third-order valence-corrected chi connectivity index (χ3v) is 4.99. The van der Waals surface area contributed by atoms with E-state index in [1.807, 2.05) is 43.3 Å². The molecule has 0 aromatic heterocycles. The number of thioether (sulfide) groups is 1. The van der Waals surface area contributed by atoms with Gasteiger partial charge in [0.25, 0.3) is 0 Å². The van der Waals surface area contributed by atoms with E-state index in [4.69, 9.17) is 0 Å². The van der Waals surface area contributed by atoms with Gasteiger partial charge in [0.05, 0.1) is 11.4 Å². The van der Waals surface area contributed by atoms with Gasteiger partial charge in [0.1, 0.15) is 0 Å². The molecule has 0 bridgehead atoms. The first kappa shape index (κ1) is 16.1. The van der Waals surface area contributed by atoms with Gasteiger partial charge in [-0.2, -0.15) is 0 Å². The maximum Gasteiger partial charge on any atom is 0.234 e. The molecule has 0 saturated heterocycles. The van der Waals surface area contributed by atoms with Crippen LogP contribution in [-0.2, 0) is 4.79 Å². The number of aryl methyl sites for hydroxylation is 1. The van der Waals surface area contributed by atoms with Crippen LogP contribution in [0.1, 0.15) is 23.3 Å². The molecule has 1 atom stereocenters. The number of hydrogen-bond donors (Lipinski definition) is 1. The third-order valence-electron chi connectivity index (χ3n) is 3.13. The molecule has 0 aliphatic rings. The Morgan fingerprint density at radius 3 is 2.62 bits per heavy atom. The summed E-state index contributed by atoms with van der Waals surface area (Å²) in [6.45, 7) is 4.14. The molecule has 0 aliphatic carbocycles. The molecule has 2 rings (SSSR count). The molecule has 0 heterocycles. The highest BCUT2D eigenvalue weighted by atomic mass is 79.9. The Morgan fingerprint density at radius 2 is 1.95 bits per heavy atom. The van der Waals surface area contributed by atoms with Crippen molar-refractivity contribution in [1.82, 2.24) is 0 Å². The maximum atomic E-state index is 12.0. The fourth-order valence-corrected chi connectivity index (χ4v) is 3.34. The van der Waals surface area contributed by atoms with Gasteiger partial charge in [-0.1, -0.05) is 36.4 Å². The molecule has 0 saturated carbocycles. The van der Waals surface area contributed by atoms with Crippen LogP contribution in [0.25, 0.3) is 0 Å². The summed E-state index contributed by atoms with van der Waals surface area (Å²) in [5, 5.41) is 3.24. The summed E-state index contributed by atoms with van der Waals surface area (Å²) in [4.78, 5) is 12.0. The lowest BCUT2D eigenvalue weighted by molar-refractivity contribution is -0.113. The van der Waals surface area contributed by atoms with Crippen molar-refractivity contribution in [1.29, 1.82) is 0 Å². The summed E-state index contributed by atoms with van der Waals surface area (Å²) in [6, 6.07) is 16.1. The van der Waals surface area contributed by atoms with E-state index in [9.17, 15) is 4.79 Å². The number of benzene rings is 2. The summed E-state index contributed by atoms with van der Waals surface area (Å²) in [5.41, 5.74) is 3.22. The van der Waals surface area contributed by atoms with E-state index >= 15 is 0 Å². The first-order chi connectivity index (χ1) is 10.1. The second-order valence-electron chi connectivity index (χ2n) is 4.90. The Kier molecular flexibility index (Phi) is 5.88. The molecule has 2 aromatic carbocycles. The van der Waals surface area contributed by atoms with Crippen LogP contribution in [0.5, 0.6) is 0 Å². The van der Waals surface area contributed by atoms with Crippen molar-refractivity contribution in [3.05, 3.63) is 64.1 Å². The molecular weight excluding hydrogens is 346 g/mol. The molecule has 1 N–H and O–H groups in total. The van der Waals surface area contributed by atoms with E-state index < -0.39 is 0 Å². The molecule has 21 heavy (non-hydrogen) atoms. The zero-order chi connectivity index (χ0) is 15.2. The van der Waals surface area contributed by atoms with Crippen molar-refractivity contribution in [2.75, 3.05) is 11.1 Å². The SMILES string of the molecule is Cc1ccc(NC(=O)CS[C@@H](C)c2ccccc2)c(Br)c1. The quantitative estimate of drug-likeness (QED) is 0.791. The molecular formula is C17H18BrNOS. The molecule has 0 spiro atoms. The highest BCUT2D eigenvalue weighted by Crippen LogP contribution is 2.28. The molecule has 1 amide bonds. The maximum absolute atomic E-state index is 12.0. The van der Waals surface area contributed by atoms with E-state index in [1.54, 1.807) is 11.8 Å².